The first-order chi connectivity index (χ1) is 20.8. The molecule has 0 radical (unpaired) electrons. The van der Waals surface area contributed by atoms with Crippen LogP contribution in [0.2, 0.25) is 0 Å². The van der Waals surface area contributed by atoms with Crippen LogP contribution in [0.3, 0.4) is 0 Å². The summed E-state index contributed by atoms with van der Waals surface area (Å²) in [5.41, 5.74) is 5.23. The van der Waals surface area contributed by atoms with Crippen molar-refractivity contribution in [3.8, 4) is 0 Å². The highest BCUT2D eigenvalue weighted by atomic mass is 79.9. The fourth-order valence-corrected chi connectivity index (χ4v) is 9.74. The Morgan fingerprint density at radius 3 is 1.53 bits per heavy atom. The summed E-state index contributed by atoms with van der Waals surface area (Å²) >= 11 is 8.09. The normalized spacial score (nSPS) is 25.0. The van der Waals surface area contributed by atoms with Crippen LogP contribution in [0.15, 0.2) is 72.8 Å². The topological polar surface area (TPSA) is 66.5 Å². The molecule has 0 aromatic heterocycles. The van der Waals surface area contributed by atoms with Gasteiger partial charge < -0.3 is 5.32 Å². The Balaban J connectivity index is 1.14. The van der Waals surface area contributed by atoms with Gasteiger partial charge in [0.2, 0.25) is 17.7 Å². The van der Waals surface area contributed by atoms with E-state index in [4.69, 9.17) is 0 Å². The molecule has 3 amide bonds. The predicted molar refractivity (Wildman–Crippen MR) is 179 cm³/mol. The van der Waals surface area contributed by atoms with Gasteiger partial charge in [-0.15, -0.1) is 0 Å². The third-order valence-electron chi connectivity index (χ3n) is 9.50. The van der Waals surface area contributed by atoms with Gasteiger partial charge in [0.25, 0.3) is 0 Å². The maximum atomic E-state index is 14.2. The second kappa shape index (κ2) is 12.3. The molecule has 4 aliphatic rings. The smallest absolute Gasteiger partial charge is 0.239 e. The molecule has 43 heavy (non-hydrogen) atoms. The van der Waals surface area contributed by atoms with Gasteiger partial charge in [-0.25, -0.2) is 4.90 Å². The number of anilines is 2. The first kappa shape index (κ1) is 30.3. The average Bonchev–Trinajstić information content (AvgIpc) is 3.30. The first-order valence-corrected chi connectivity index (χ1v) is 17.3. The van der Waals surface area contributed by atoms with Crippen LogP contribution in [0, 0.1) is 11.8 Å². The van der Waals surface area contributed by atoms with Crippen LogP contribution in [-0.2, 0) is 23.0 Å². The summed E-state index contributed by atoms with van der Waals surface area (Å²) in [7, 11) is 0. The van der Waals surface area contributed by atoms with Crippen LogP contribution in [-0.4, -0.2) is 17.7 Å². The number of benzene rings is 3. The maximum absolute atomic E-state index is 14.2. The lowest BCUT2D eigenvalue weighted by Gasteiger charge is -2.55. The predicted octanol–water partition coefficient (Wildman–Crippen LogP) is 8.96. The van der Waals surface area contributed by atoms with Crippen LogP contribution in [0.4, 0.5) is 11.4 Å². The van der Waals surface area contributed by atoms with E-state index >= 15 is 0 Å². The second-order valence-corrected chi connectivity index (χ2v) is 14.7. The van der Waals surface area contributed by atoms with E-state index in [0.717, 1.165) is 35.1 Å². The van der Waals surface area contributed by atoms with Gasteiger partial charge in [0.1, 0.15) is 0 Å². The zero-order valence-corrected chi connectivity index (χ0v) is 27.8. The van der Waals surface area contributed by atoms with Gasteiger partial charge in [-0.3, -0.25) is 14.4 Å². The molecule has 2 atom stereocenters. The van der Waals surface area contributed by atoms with E-state index in [2.05, 4.69) is 68.4 Å². The van der Waals surface area contributed by atoms with Crippen LogP contribution in [0.1, 0.15) is 93.4 Å². The standard InChI is InChI=1S/C36H38Br2N2O3/c1-2-3-4-5-6-7-8-9-10-19-30(41)39-24-20-22-25(23-21-24)40-33(42)31-32(34(40)43)36(38)27-16-12-11-15-26(27)35(31,37)28-17-13-14-18-29(28)36/h11-18,20-23,31-32H,2-10,19H2,1H3,(H,39,41)/t31-,32-,35?,36?/m0/s1. The molecule has 1 fully saturated rings. The molecule has 7 rings (SSSR count). The molecule has 0 spiro atoms. The number of rotatable bonds is 12. The highest BCUT2D eigenvalue weighted by molar-refractivity contribution is 9.10. The Bertz CT molecular complexity index is 1410. The van der Waals surface area contributed by atoms with E-state index in [9.17, 15) is 14.4 Å². The minimum atomic E-state index is -0.815. The molecule has 0 unspecified atom stereocenters. The fourth-order valence-electron chi connectivity index (χ4n) is 7.44. The minimum absolute atomic E-state index is 0.00962. The number of carbonyl (C=O) groups excluding carboxylic acids is 3. The summed E-state index contributed by atoms with van der Waals surface area (Å²) in [6.45, 7) is 2.23. The van der Waals surface area contributed by atoms with E-state index < -0.39 is 20.5 Å². The average molecular weight is 707 g/mol. The molecule has 1 saturated heterocycles. The summed E-state index contributed by atoms with van der Waals surface area (Å²) in [5.74, 6) is -1.67. The molecule has 1 aliphatic heterocycles. The highest BCUT2D eigenvalue weighted by Crippen LogP contribution is 2.70. The summed E-state index contributed by atoms with van der Waals surface area (Å²) < 4.78 is -1.63. The zero-order valence-electron chi connectivity index (χ0n) is 24.6. The quantitative estimate of drug-likeness (QED) is 0.116. The highest BCUT2D eigenvalue weighted by Gasteiger charge is 2.72. The molecule has 3 aromatic rings. The Kier molecular flexibility index (Phi) is 8.67. The fraction of sp³-hybridized carbons (Fsp3) is 0.417. The van der Waals surface area contributed by atoms with E-state index in [1.807, 2.05) is 24.3 Å². The van der Waals surface area contributed by atoms with Crippen molar-refractivity contribution < 1.29 is 14.4 Å². The Morgan fingerprint density at radius 1 is 0.674 bits per heavy atom. The number of hydrogen-bond acceptors (Lipinski definition) is 3. The van der Waals surface area contributed by atoms with Crippen molar-refractivity contribution in [3.63, 3.8) is 0 Å². The largest absolute Gasteiger partial charge is 0.326 e. The Hall–Kier alpha value is -2.77. The maximum Gasteiger partial charge on any atom is 0.239 e. The Labute approximate surface area is 271 Å². The van der Waals surface area contributed by atoms with Crippen LogP contribution in [0.25, 0.3) is 0 Å². The molecule has 7 heteroatoms. The van der Waals surface area contributed by atoms with E-state index in [1.54, 1.807) is 24.3 Å². The number of halogens is 2. The zero-order chi connectivity index (χ0) is 30.2. The van der Waals surface area contributed by atoms with E-state index in [0.29, 0.717) is 17.8 Å². The molecule has 2 bridgehead atoms. The third-order valence-corrected chi connectivity index (χ3v) is 12.2. The van der Waals surface area contributed by atoms with Crippen molar-refractivity contribution in [1.29, 1.82) is 0 Å². The molecule has 0 saturated carbocycles. The van der Waals surface area contributed by atoms with Gasteiger partial charge >= 0.3 is 0 Å². The monoisotopic (exact) mass is 704 g/mol. The molecule has 3 aromatic carbocycles. The van der Waals surface area contributed by atoms with Gasteiger partial charge in [-0.05, 0) is 52.9 Å². The van der Waals surface area contributed by atoms with Crippen molar-refractivity contribution >= 4 is 61.0 Å². The number of nitrogens with zero attached hydrogens (tertiary/aromatic N) is 1. The Morgan fingerprint density at radius 2 is 1.09 bits per heavy atom. The van der Waals surface area contributed by atoms with Crippen LogP contribution >= 0.6 is 31.9 Å². The lowest BCUT2D eigenvalue weighted by Crippen LogP contribution is -2.56. The van der Waals surface area contributed by atoms with Gasteiger partial charge in [0, 0.05) is 12.1 Å². The number of alkyl halides is 2. The minimum Gasteiger partial charge on any atom is -0.326 e. The molecule has 3 aliphatic carbocycles. The molecular formula is C36H38Br2N2O3. The summed E-state index contributed by atoms with van der Waals surface area (Å²) in [4.78, 5) is 42.3. The van der Waals surface area contributed by atoms with Crippen molar-refractivity contribution in [2.75, 3.05) is 10.2 Å². The molecule has 1 N–H and O–H groups in total. The summed E-state index contributed by atoms with van der Waals surface area (Å²) in [5, 5.41) is 2.97. The molecular weight excluding hydrogens is 668 g/mol. The number of unbranched alkanes of at least 4 members (excludes halogenated alkanes) is 8. The van der Waals surface area contributed by atoms with Gasteiger partial charge in [0.15, 0.2) is 0 Å². The summed E-state index contributed by atoms with van der Waals surface area (Å²) in [6, 6.07) is 23.2. The molecule has 5 nitrogen and oxygen atoms in total. The van der Waals surface area contributed by atoms with Crippen molar-refractivity contribution in [2.24, 2.45) is 11.8 Å². The van der Waals surface area contributed by atoms with Crippen molar-refractivity contribution in [3.05, 3.63) is 95.1 Å². The lowest BCUT2D eigenvalue weighted by atomic mass is 9.54. The number of hydrogen-bond donors (Lipinski definition) is 1. The number of nitrogens with one attached hydrogen (secondary N) is 1. The number of amides is 3. The number of carbonyl (C=O) groups is 3. The number of imide groups is 1. The summed E-state index contributed by atoms with van der Waals surface area (Å²) in [6.07, 6.45) is 11.4. The van der Waals surface area contributed by atoms with Crippen LogP contribution in [0.5, 0.6) is 0 Å². The van der Waals surface area contributed by atoms with Crippen LogP contribution < -0.4 is 10.2 Å². The second-order valence-electron chi connectivity index (χ2n) is 12.2. The third kappa shape index (κ3) is 5.01. The van der Waals surface area contributed by atoms with Crippen molar-refractivity contribution in [1.82, 2.24) is 0 Å². The van der Waals surface area contributed by atoms with Crippen molar-refractivity contribution in [2.45, 2.75) is 79.8 Å². The lowest BCUT2D eigenvalue weighted by molar-refractivity contribution is -0.122. The van der Waals surface area contributed by atoms with Gasteiger partial charge in [-0.2, -0.15) is 0 Å². The van der Waals surface area contributed by atoms with E-state index in [-0.39, 0.29) is 17.7 Å². The first-order valence-electron chi connectivity index (χ1n) is 15.7. The van der Waals surface area contributed by atoms with Gasteiger partial charge in [-0.1, -0.05) is 139 Å². The molecule has 1 heterocycles. The SMILES string of the molecule is CCCCCCCCCCCC(=O)Nc1ccc(N2C(=O)[C@@H]3[C@@H](C2=O)C2(Br)c4ccccc4C3(Br)c3ccccc32)cc1. The van der Waals surface area contributed by atoms with Gasteiger partial charge in [0.05, 0.1) is 26.2 Å². The van der Waals surface area contributed by atoms with E-state index in [1.165, 1.54) is 49.8 Å². The molecule has 224 valence electrons.